The standard InChI is InChI=1S/C20H31NO4/c1-19(2,3)14-10-13(11-15(17(14)23)20(4,5)6)8-7-9-21-16(12-22)18(24)25/h7-8,10-11,16,21-23H,9,12H2,1-6H3,(H,24,25)/b8-7+. The van der Waals surface area contributed by atoms with Crippen LogP contribution in [0.3, 0.4) is 0 Å². The number of aliphatic hydroxyl groups excluding tert-OH is 1. The number of carboxylic acids is 1. The molecule has 0 radical (unpaired) electrons. The van der Waals surface area contributed by atoms with Crippen molar-refractivity contribution in [1.82, 2.24) is 5.32 Å². The Balaban J connectivity index is 3.11. The summed E-state index contributed by atoms with van der Waals surface area (Å²) in [6, 6.07) is 2.95. The molecule has 0 fully saturated rings. The van der Waals surface area contributed by atoms with Crippen LogP contribution in [0.2, 0.25) is 0 Å². The Morgan fingerprint density at radius 1 is 1.12 bits per heavy atom. The van der Waals surface area contributed by atoms with Gasteiger partial charge in [0.25, 0.3) is 0 Å². The lowest BCUT2D eigenvalue weighted by atomic mass is 9.78. The molecule has 1 unspecified atom stereocenters. The van der Waals surface area contributed by atoms with Crippen molar-refractivity contribution in [2.75, 3.05) is 13.2 Å². The molecule has 0 aliphatic rings. The highest BCUT2D eigenvalue weighted by Gasteiger charge is 2.26. The predicted octanol–water partition coefficient (Wildman–Crippen LogP) is 3.04. The summed E-state index contributed by atoms with van der Waals surface area (Å²) in [4.78, 5) is 10.9. The molecule has 0 bridgehead atoms. The molecule has 25 heavy (non-hydrogen) atoms. The summed E-state index contributed by atoms with van der Waals surface area (Å²) >= 11 is 0. The predicted molar refractivity (Wildman–Crippen MR) is 101 cm³/mol. The van der Waals surface area contributed by atoms with Gasteiger partial charge in [-0.2, -0.15) is 0 Å². The quantitative estimate of drug-likeness (QED) is 0.634. The Hall–Kier alpha value is -1.85. The minimum absolute atomic E-state index is 0.197. The monoisotopic (exact) mass is 349 g/mol. The number of nitrogens with one attached hydrogen (secondary N) is 1. The zero-order valence-electron chi connectivity index (χ0n) is 16.1. The molecule has 0 amide bonds. The van der Waals surface area contributed by atoms with Crippen molar-refractivity contribution < 1.29 is 20.1 Å². The molecule has 1 aromatic rings. The van der Waals surface area contributed by atoms with Gasteiger partial charge in [0.2, 0.25) is 0 Å². The first-order valence-electron chi connectivity index (χ1n) is 8.49. The summed E-state index contributed by atoms with van der Waals surface area (Å²) in [5.41, 5.74) is 2.32. The third kappa shape index (κ3) is 5.87. The highest BCUT2D eigenvalue weighted by atomic mass is 16.4. The Kier molecular flexibility index (Phi) is 6.80. The maximum Gasteiger partial charge on any atom is 0.323 e. The van der Waals surface area contributed by atoms with Crippen LogP contribution in [-0.2, 0) is 15.6 Å². The van der Waals surface area contributed by atoms with Gasteiger partial charge in [-0.3, -0.25) is 10.1 Å². The minimum Gasteiger partial charge on any atom is -0.507 e. The molecule has 0 aliphatic heterocycles. The smallest absolute Gasteiger partial charge is 0.323 e. The third-order valence-electron chi connectivity index (χ3n) is 4.02. The normalized spacial score (nSPS) is 14.0. The van der Waals surface area contributed by atoms with Crippen molar-refractivity contribution in [2.45, 2.75) is 58.4 Å². The van der Waals surface area contributed by atoms with Crippen LogP contribution in [0.1, 0.15) is 58.2 Å². The van der Waals surface area contributed by atoms with Gasteiger partial charge in [0, 0.05) is 17.7 Å². The van der Waals surface area contributed by atoms with Crippen LogP contribution in [0.4, 0.5) is 0 Å². The van der Waals surface area contributed by atoms with E-state index in [0.717, 1.165) is 16.7 Å². The van der Waals surface area contributed by atoms with E-state index < -0.39 is 18.6 Å². The molecule has 0 aliphatic carbocycles. The number of aromatic hydroxyl groups is 1. The maximum atomic E-state index is 10.9. The van der Waals surface area contributed by atoms with Crippen LogP contribution in [0.15, 0.2) is 18.2 Å². The van der Waals surface area contributed by atoms with E-state index in [-0.39, 0.29) is 10.8 Å². The van der Waals surface area contributed by atoms with Crippen LogP contribution in [0, 0.1) is 0 Å². The van der Waals surface area contributed by atoms with E-state index in [2.05, 4.69) is 46.9 Å². The number of phenols is 1. The van der Waals surface area contributed by atoms with Gasteiger partial charge in [-0.25, -0.2) is 0 Å². The fourth-order valence-electron chi connectivity index (χ4n) is 2.53. The van der Waals surface area contributed by atoms with Gasteiger partial charge in [-0.1, -0.05) is 53.7 Å². The first kappa shape index (κ1) is 21.2. The second-order valence-corrected chi connectivity index (χ2v) is 8.35. The summed E-state index contributed by atoms with van der Waals surface area (Å²) in [5.74, 6) is -0.743. The van der Waals surface area contributed by atoms with Crippen molar-refractivity contribution >= 4 is 12.0 Å². The maximum absolute atomic E-state index is 10.9. The van der Waals surface area contributed by atoms with E-state index in [9.17, 15) is 9.90 Å². The topological polar surface area (TPSA) is 89.8 Å². The number of carboxylic acid groups (broad SMARTS) is 1. The van der Waals surface area contributed by atoms with Gasteiger partial charge >= 0.3 is 5.97 Å². The second kappa shape index (κ2) is 8.02. The summed E-state index contributed by atoms with van der Waals surface area (Å²) in [7, 11) is 0. The summed E-state index contributed by atoms with van der Waals surface area (Å²) in [5, 5.41) is 31.3. The van der Waals surface area contributed by atoms with Crippen LogP contribution in [0.25, 0.3) is 6.08 Å². The van der Waals surface area contributed by atoms with Crippen LogP contribution in [-0.4, -0.2) is 40.5 Å². The Morgan fingerprint density at radius 2 is 1.60 bits per heavy atom. The average Bonchev–Trinajstić information content (AvgIpc) is 2.45. The lowest BCUT2D eigenvalue weighted by Crippen LogP contribution is -2.39. The SMILES string of the molecule is CC(C)(C)c1cc(/C=C/CNC(CO)C(=O)O)cc(C(C)(C)C)c1O. The van der Waals surface area contributed by atoms with E-state index in [1.165, 1.54) is 0 Å². The van der Waals surface area contributed by atoms with Crippen molar-refractivity contribution in [1.29, 1.82) is 0 Å². The largest absolute Gasteiger partial charge is 0.507 e. The van der Waals surface area contributed by atoms with Gasteiger partial charge in [-0.15, -0.1) is 0 Å². The summed E-state index contributed by atoms with van der Waals surface area (Å²) < 4.78 is 0. The fourth-order valence-corrected chi connectivity index (χ4v) is 2.53. The molecule has 5 nitrogen and oxygen atoms in total. The Labute approximate surface area is 150 Å². The highest BCUT2D eigenvalue weighted by molar-refractivity contribution is 5.73. The number of phenolic OH excluding ortho intramolecular Hbond substituents is 1. The zero-order chi connectivity index (χ0) is 19.4. The number of aliphatic carboxylic acids is 1. The molecule has 0 saturated heterocycles. The van der Waals surface area contributed by atoms with Crippen LogP contribution < -0.4 is 5.32 Å². The first-order chi connectivity index (χ1) is 11.4. The molecule has 0 saturated carbocycles. The van der Waals surface area contributed by atoms with Crippen molar-refractivity contribution in [3.63, 3.8) is 0 Å². The number of hydrogen-bond acceptors (Lipinski definition) is 4. The molecule has 0 spiro atoms. The Morgan fingerprint density at radius 3 is 1.96 bits per heavy atom. The van der Waals surface area contributed by atoms with Gasteiger partial charge < -0.3 is 15.3 Å². The Bertz CT molecular complexity index is 601. The van der Waals surface area contributed by atoms with E-state index in [0.29, 0.717) is 12.3 Å². The summed E-state index contributed by atoms with van der Waals surface area (Å²) in [6.07, 6.45) is 3.71. The minimum atomic E-state index is -1.08. The van der Waals surface area contributed by atoms with E-state index in [1.807, 2.05) is 24.3 Å². The average molecular weight is 349 g/mol. The molecule has 4 N–H and O–H groups in total. The molecule has 0 aromatic heterocycles. The van der Waals surface area contributed by atoms with Crippen LogP contribution in [0.5, 0.6) is 5.75 Å². The van der Waals surface area contributed by atoms with Gasteiger partial charge in [0.1, 0.15) is 11.8 Å². The van der Waals surface area contributed by atoms with E-state index in [4.69, 9.17) is 10.2 Å². The van der Waals surface area contributed by atoms with E-state index in [1.54, 1.807) is 0 Å². The van der Waals surface area contributed by atoms with Gasteiger partial charge in [0.15, 0.2) is 0 Å². The van der Waals surface area contributed by atoms with Gasteiger partial charge in [0.05, 0.1) is 6.61 Å². The van der Waals surface area contributed by atoms with Crippen molar-refractivity contribution in [3.05, 3.63) is 34.9 Å². The van der Waals surface area contributed by atoms with Crippen molar-refractivity contribution in [3.8, 4) is 5.75 Å². The molecule has 0 heterocycles. The first-order valence-corrected chi connectivity index (χ1v) is 8.49. The molecule has 1 atom stereocenters. The second-order valence-electron chi connectivity index (χ2n) is 8.35. The highest BCUT2D eigenvalue weighted by Crippen LogP contribution is 2.39. The van der Waals surface area contributed by atoms with E-state index >= 15 is 0 Å². The zero-order valence-corrected chi connectivity index (χ0v) is 16.1. The molecular formula is C20H31NO4. The van der Waals surface area contributed by atoms with Crippen LogP contribution >= 0.6 is 0 Å². The number of rotatable bonds is 6. The number of benzene rings is 1. The van der Waals surface area contributed by atoms with Crippen molar-refractivity contribution in [2.24, 2.45) is 0 Å². The molecule has 5 heteroatoms. The number of carbonyl (C=O) groups is 1. The molecule has 1 aromatic carbocycles. The third-order valence-corrected chi connectivity index (χ3v) is 4.02. The molecule has 1 rings (SSSR count). The number of aliphatic hydroxyl groups is 1. The molecular weight excluding hydrogens is 318 g/mol. The fraction of sp³-hybridized carbons (Fsp3) is 0.550. The number of hydrogen-bond donors (Lipinski definition) is 4. The lowest BCUT2D eigenvalue weighted by Gasteiger charge is -2.27. The lowest BCUT2D eigenvalue weighted by molar-refractivity contribution is -0.140. The summed E-state index contributed by atoms with van der Waals surface area (Å²) in [6.45, 7) is 12.2. The van der Waals surface area contributed by atoms with Gasteiger partial charge in [-0.05, 0) is 28.5 Å². The molecule has 140 valence electrons.